The van der Waals surface area contributed by atoms with Crippen molar-refractivity contribution in [3.05, 3.63) is 21.6 Å². The van der Waals surface area contributed by atoms with E-state index in [9.17, 15) is 4.79 Å². The van der Waals surface area contributed by atoms with Gasteiger partial charge in [-0.3, -0.25) is 4.79 Å². The van der Waals surface area contributed by atoms with Gasteiger partial charge < -0.3 is 15.4 Å². The molecule has 3 N–H and O–H groups in total. The molecular weight excluding hydrogens is 232 g/mol. The highest BCUT2D eigenvalue weighted by molar-refractivity contribution is 6.32. The Balaban J connectivity index is 2.23. The lowest BCUT2D eigenvalue weighted by molar-refractivity contribution is 0.0465. The maximum Gasteiger partial charge on any atom is 0.285 e. The molecular formula is C9H13ClN4O2. The molecule has 2 rings (SSSR count). The molecule has 0 aliphatic carbocycles. The summed E-state index contributed by atoms with van der Waals surface area (Å²) in [5.41, 5.74) is 5.80. The first-order valence-electron chi connectivity index (χ1n) is 5.02. The third kappa shape index (κ3) is 2.18. The van der Waals surface area contributed by atoms with E-state index in [1.165, 1.54) is 0 Å². The zero-order valence-corrected chi connectivity index (χ0v) is 9.41. The van der Waals surface area contributed by atoms with Crippen molar-refractivity contribution >= 4 is 17.3 Å². The molecule has 1 aromatic heterocycles. The van der Waals surface area contributed by atoms with Crippen LogP contribution < -0.4 is 16.2 Å². The highest BCUT2D eigenvalue weighted by atomic mass is 35.5. The maximum absolute atomic E-state index is 11.3. The van der Waals surface area contributed by atoms with Crippen molar-refractivity contribution in [2.24, 2.45) is 5.73 Å². The number of anilines is 1. The Morgan fingerprint density at radius 2 is 2.56 bits per heavy atom. The fraction of sp³-hybridized carbons (Fsp3) is 0.556. The molecule has 1 aromatic rings. The maximum atomic E-state index is 11.3. The summed E-state index contributed by atoms with van der Waals surface area (Å²) in [5.74, 6) is 0. The minimum absolute atomic E-state index is 0.0240. The molecule has 6 nitrogen and oxygen atoms in total. The molecule has 0 saturated carbocycles. The van der Waals surface area contributed by atoms with Gasteiger partial charge in [0.05, 0.1) is 24.6 Å². The second-order valence-corrected chi connectivity index (χ2v) is 3.95. The standard InChI is InChI=1S/C9H13ClN4O2/c10-8-7(4-12-13-9(8)15)14-1-2-16-6(3-11)5-14/h4,6H,1-3,5,11H2,(H,13,15). The van der Waals surface area contributed by atoms with Crippen molar-refractivity contribution in [2.45, 2.75) is 6.10 Å². The van der Waals surface area contributed by atoms with Crippen LogP contribution in [-0.2, 0) is 4.74 Å². The van der Waals surface area contributed by atoms with Crippen molar-refractivity contribution in [3.8, 4) is 0 Å². The number of nitrogens with one attached hydrogen (secondary N) is 1. The van der Waals surface area contributed by atoms with E-state index in [0.717, 1.165) is 0 Å². The van der Waals surface area contributed by atoms with Crippen LogP contribution in [0.15, 0.2) is 11.0 Å². The van der Waals surface area contributed by atoms with Crippen LogP contribution >= 0.6 is 11.6 Å². The van der Waals surface area contributed by atoms with E-state index in [1.54, 1.807) is 6.20 Å². The minimum atomic E-state index is -0.380. The number of aromatic amines is 1. The van der Waals surface area contributed by atoms with E-state index < -0.39 is 0 Å². The molecule has 0 bridgehead atoms. The number of halogens is 1. The Labute approximate surface area is 97.3 Å². The van der Waals surface area contributed by atoms with Gasteiger partial charge in [-0.1, -0.05) is 11.6 Å². The summed E-state index contributed by atoms with van der Waals surface area (Å²) in [5, 5.41) is 6.18. The van der Waals surface area contributed by atoms with Crippen molar-refractivity contribution in [1.82, 2.24) is 10.2 Å². The average Bonchev–Trinajstić information content (AvgIpc) is 2.33. The lowest BCUT2D eigenvalue weighted by Crippen LogP contribution is -2.46. The van der Waals surface area contributed by atoms with Gasteiger partial charge in [0.2, 0.25) is 0 Å². The van der Waals surface area contributed by atoms with Crippen LogP contribution in [0.2, 0.25) is 5.02 Å². The van der Waals surface area contributed by atoms with Crippen molar-refractivity contribution in [1.29, 1.82) is 0 Å². The molecule has 0 aromatic carbocycles. The molecule has 7 heteroatoms. The van der Waals surface area contributed by atoms with Crippen LogP contribution in [0, 0.1) is 0 Å². The van der Waals surface area contributed by atoms with Gasteiger partial charge >= 0.3 is 0 Å². The molecule has 0 amide bonds. The lowest BCUT2D eigenvalue weighted by Gasteiger charge is -2.33. The number of morpholine rings is 1. The van der Waals surface area contributed by atoms with E-state index in [1.807, 2.05) is 4.90 Å². The summed E-state index contributed by atoms with van der Waals surface area (Å²) < 4.78 is 5.43. The number of aromatic nitrogens is 2. The van der Waals surface area contributed by atoms with E-state index in [2.05, 4.69) is 10.2 Å². The summed E-state index contributed by atoms with van der Waals surface area (Å²) >= 11 is 5.92. The van der Waals surface area contributed by atoms with Crippen LogP contribution in [0.5, 0.6) is 0 Å². The fourth-order valence-corrected chi connectivity index (χ4v) is 1.89. The number of rotatable bonds is 2. The molecule has 88 valence electrons. The Morgan fingerprint density at radius 1 is 1.75 bits per heavy atom. The summed E-state index contributed by atoms with van der Waals surface area (Å²) in [6, 6.07) is 0. The van der Waals surface area contributed by atoms with E-state index >= 15 is 0 Å². The van der Waals surface area contributed by atoms with Crippen molar-refractivity contribution in [3.63, 3.8) is 0 Å². The predicted octanol–water partition coefficient (Wildman–Crippen LogP) is -0.413. The molecule has 1 atom stereocenters. The third-order valence-corrected chi connectivity index (χ3v) is 2.88. The third-order valence-electron chi connectivity index (χ3n) is 2.52. The van der Waals surface area contributed by atoms with E-state index in [0.29, 0.717) is 31.9 Å². The second-order valence-electron chi connectivity index (χ2n) is 3.57. The zero-order chi connectivity index (χ0) is 11.5. The Kier molecular flexibility index (Phi) is 3.42. The van der Waals surface area contributed by atoms with Crippen LogP contribution in [0.1, 0.15) is 0 Å². The molecule has 1 fully saturated rings. The van der Waals surface area contributed by atoms with E-state index in [4.69, 9.17) is 22.1 Å². The van der Waals surface area contributed by atoms with Crippen LogP contribution in [0.25, 0.3) is 0 Å². The summed E-state index contributed by atoms with van der Waals surface area (Å²) in [4.78, 5) is 13.3. The largest absolute Gasteiger partial charge is 0.373 e. The van der Waals surface area contributed by atoms with Gasteiger partial charge in [-0.05, 0) is 0 Å². The smallest absolute Gasteiger partial charge is 0.285 e. The first kappa shape index (κ1) is 11.4. The quantitative estimate of drug-likeness (QED) is 0.739. The van der Waals surface area contributed by atoms with E-state index in [-0.39, 0.29) is 16.7 Å². The average molecular weight is 245 g/mol. The topological polar surface area (TPSA) is 84.2 Å². The molecule has 1 saturated heterocycles. The summed E-state index contributed by atoms with van der Waals surface area (Å²) in [7, 11) is 0. The first-order chi connectivity index (χ1) is 7.72. The highest BCUT2D eigenvalue weighted by Crippen LogP contribution is 2.22. The van der Waals surface area contributed by atoms with Crippen LogP contribution in [0.4, 0.5) is 5.69 Å². The number of H-pyrrole nitrogens is 1. The summed E-state index contributed by atoms with van der Waals surface area (Å²) in [6.07, 6.45) is 1.52. The first-order valence-corrected chi connectivity index (χ1v) is 5.40. The molecule has 16 heavy (non-hydrogen) atoms. The lowest BCUT2D eigenvalue weighted by atomic mass is 10.2. The highest BCUT2D eigenvalue weighted by Gasteiger charge is 2.22. The minimum Gasteiger partial charge on any atom is -0.373 e. The number of hydrogen-bond donors (Lipinski definition) is 2. The van der Waals surface area contributed by atoms with Crippen molar-refractivity contribution < 1.29 is 4.74 Å². The molecule has 1 aliphatic heterocycles. The molecule has 2 heterocycles. The van der Waals surface area contributed by atoms with Gasteiger partial charge in [0.15, 0.2) is 0 Å². The molecule has 1 unspecified atom stereocenters. The Bertz CT molecular complexity index is 422. The molecule has 0 radical (unpaired) electrons. The summed E-state index contributed by atoms with van der Waals surface area (Å²) in [6.45, 7) is 2.33. The monoisotopic (exact) mass is 244 g/mol. The molecule has 1 aliphatic rings. The fourth-order valence-electron chi connectivity index (χ4n) is 1.68. The zero-order valence-electron chi connectivity index (χ0n) is 8.65. The van der Waals surface area contributed by atoms with Crippen LogP contribution in [0.3, 0.4) is 0 Å². The van der Waals surface area contributed by atoms with Crippen molar-refractivity contribution in [2.75, 3.05) is 31.1 Å². The van der Waals surface area contributed by atoms with Gasteiger partial charge in [0.25, 0.3) is 5.56 Å². The SMILES string of the molecule is NCC1CN(c2cn[nH]c(=O)c2Cl)CCO1. The Morgan fingerprint density at radius 3 is 3.31 bits per heavy atom. The predicted molar refractivity (Wildman–Crippen MR) is 60.9 cm³/mol. The van der Waals surface area contributed by atoms with Gasteiger partial charge in [0.1, 0.15) is 5.02 Å². The van der Waals surface area contributed by atoms with Gasteiger partial charge in [-0.15, -0.1) is 0 Å². The Hall–Kier alpha value is -1.11. The van der Waals surface area contributed by atoms with Gasteiger partial charge in [-0.25, -0.2) is 5.10 Å². The second kappa shape index (κ2) is 4.82. The van der Waals surface area contributed by atoms with Gasteiger partial charge in [0, 0.05) is 19.6 Å². The number of nitrogens with two attached hydrogens (primary N) is 1. The molecule has 0 spiro atoms. The number of ether oxygens (including phenoxy) is 1. The normalized spacial score (nSPS) is 21.1. The van der Waals surface area contributed by atoms with Gasteiger partial charge in [-0.2, -0.15) is 5.10 Å². The van der Waals surface area contributed by atoms with Crippen LogP contribution in [-0.4, -0.2) is 42.5 Å². The number of hydrogen-bond acceptors (Lipinski definition) is 5. The number of nitrogens with zero attached hydrogens (tertiary/aromatic N) is 2.